The number of amides is 2. The average molecular weight is 309 g/mol. The minimum Gasteiger partial charge on any atom is -0.342 e. The molecule has 2 amide bonds. The van der Waals surface area contributed by atoms with E-state index in [-0.39, 0.29) is 11.8 Å². The maximum absolute atomic E-state index is 12.8. The van der Waals surface area contributed by atoms with Crippen LogP contribution in [0.1, 0.15) is 45.5 Å². The predicted octanol–water partition coefficient (Wildman–Crippen LogP) is 2.18. The highest BCUT2D eigenvalue weighted by molar-refractivity contribution is 7.09. The van der Waals surface area contributed by atoms with Crippen molar-refractivity contribution in [3.8, 4) is 0 Å². The lowest BCUT2D eigenvalue weighted by Gasteiger charge is -2.46. The summed E-state index contributed by atoms with van der Waals surface area (Å²) < 4.78 is 0. The Morgan fingerprint density at radius 3 is 2.71 bits per heavy atom. The van der Waals surface area contributed by atoms with Crippen LogP contribution in [0.3, 0.4) is 0 Å². The van der Waals surface area contributed by atoms with E-state index in [0.29, 0.717) is 25.3 Å². The molecule has 0 radical (unpaired) electrons. The Morgan fingerprint density at radius 2 is 2.19 bits per heavy atom. The number of piperazine rings is 1. The molecule has 21 heavy (non-hydrogen) atoms. The lowest BCUT2D eigenvalue weighted by Crippen LogP contribution is -2.69. The van der Waals surface area contributed by atoms with Crippen LogP contribution in [0.5, 0.6) is 0 Å². The zero-order valence-electron chi connectivity index (χ0n) is 13.0. The Labute approximate surface area is 129 Å². The fourth-order valence-corrected chi connectivity index (χ4v) is 3.23. The van der Waals surface area contributed by atoms with Gasteiger partial charge >= 0.3 is 0 Å². The molecule has 1 aliphatic heterocycles. The number of hydrogen-bond acceptors (Lipinski definition) is 4. The van der Waals surface area contributed by atoms with E-state index in [1.165, 1.54) is 11.3 Å². The third-order valence-corrected chi connectivity index (χ3v) is 4.89. The van der Waals surface area contributed by atoms with Crippen molar-refractivity contribution in [2.24, 2.45) is 5.92 Å². The smallest absolute Gasteiger partial charge is 0.246 e. The van der Waals surface area contributed by atoms with E-state index in [9.17, 15) is 9.59 Å². The summed E-state index contributed by atoms with van der Waals surface area (Å²) in [5.74, 6) is 0.293. The summed E-state index contributed by atoms with van der Waals surface area (Å²) in [5.41, 5.74) is -0.795. The summed E-state index contributed by atoms with van der Waals surface area (Å²) in [7, 11) is 0. The number of aromatic nitrogens is 1. The Kier molecular flexibility index (Phi) is 4.66. The fourth-order valence-electron chi connectivity index (χ4n) is 2.63. The molecule has 1 N–H and O–H groups in total. The van der Waals surface area contributed by atoms with Gasteiger partial charge in [-0.3, -0.25) is 9.59 Å². The van der Waals surface area contributed by atoms with Crippen molar-refractivity contribution in [3.63, 3.8) is 0 Å². The van der Waals surface area contributed by atoms with Crippen molar-refractivity contribution in [2.45, 2.75) is 58.7 Å². The summed E-state index contributed by atoms with van der Waals surface area (Å²) in [4.78, 5) is 31.3. The first-order valence-corrected chi connectivity index (χ1v) is 8.27. The lowest BCUT2D eigenvalue weighted by atomic mass is 9.88. The predicted molar refractivity (Wildman–Crippen MR) is 82.7 cm³/mol. The molecule has 2 heterocycles. The Bertz CT molecular complexity index is 515. The number of nitrogens with one attached hydrogen (secondary N) is 1. The Balaban J connectivity index is 2.28. The van der Waals surface area contributed by atoms with Crippen LogP contribution in [-0.4, -0.2) is 33.3 Å². The minimum absolute atomic E-state index is 0.00264. The molecule has 6 heteroatoms. The van der Waals surface area contributed by atoms with Crippen molar-refractivity contribution >= 4 is 23.2 Å². The van der Waals surface area contributed by atoms with Gasteiger partial charge in [0.25, 0.3) is 0 Å². The summed E-state index contributed by atoms with van der Waals surface area (Å²) >= 11 is 1.51. The maximum Gasteiger partial charge on any atom is 0.246 e. The molecule has 0 spiro atoms. The largest absolute Gasteiger partial charge is 0.342 e. The molecule has 5 nitrogen and oxygen atoms in total. The molecule has 0 bridgehead atoms. The van der Waals surface area contributed by atoms with Gasteiger partial charge in [-0.05, 0) is 25.7 Å². The molecule has 1 aromatic rings. The van der Waals surface area contributed by atoms with Crippen molar-refractivity contribution in [3.05, 3.63) is 16.6 Å². The second-order valence-corrected chi connectivity index (χ2v) is 7.11. The number of thiazole rings is 1. The SMILES string of the molecule is CCC1(C)C(=O)NC(CC(C)C)C(=O)N1Cc1nccs1. The number of rotatable bonds is 5. The highest BCUT2D eigenvalue weighted by Gasteiger charge is 2.48. The van der Waals surface area contributed by atoms with Crippen LogP contribution in [0.25, 0.3) is 0 Å². The van der Waals surface area contributed by atoms with Crippen LogP contribution in [-0.2, 0) is 16.1 Å². The topological polar surface area (TPSA) is 62.3 Å². The summed E-state index contributed by atoms with van der Waals surface area (Å²) in [5, 5.41) is 5.65. The van der Waals surface area contributed by atoms with Gasteiger partial charge in [-0.2, -0.15) is 0 Å². The molecule has 0 aromatic carbocycles. The first-order valence-electron chi connectivity index (χ1n) is 7.39. The molecule has 2 rings (SSSR count). The quantitative estimate of drug-likeness (QED) is 0.907. The first kappa shape index (κ1) is 15.9. The molecule has 0 saturated carbocycles. The van der Waals surface area contributed by atoms with Gasteiger partial charge in [0, 0.05) is 11.6 Å². The van der Waals surface area contributed by atoms with E-state index in [4.69, 9.17) is 0 Å². The fraction of sp³-hybridized carbons (Fsp3) is 0.667. The van der Waals surface area contributed by atoms with Gasteiger partial charge in [0.05, 0.1) is 6.54 Å². The zero-order valence-corrected chi connectivity index (χ0v) is 13.9. The molecule has 1 saturated heterocycles. The Morgan fingerprint density at radius 1 is 1.48 bits per heavy atom. The summed E-state index contributed by atoms with van der Waals surface area (Å²) in [6, 6.07) is -0.419. The molecule has 1 aliphatic rings. The first-order chi connectivity index (χ1) is 9.88. The monoisotopic (exact) mass is 309 g/mol. The van der Waals surface area contributed by atoms with Gasteiger partial charge in [-0.1, -0.05) is 20.8 Å². The van der Waals surface area contributed by atoms with Gasteiger partial charge in [0.15, 0.2) is 0 Å². The number of nitrogens with zero attached hydrogens (tertiary/aromatic N) is 2. The lowest BCUT2D eigenvalue weighted by molar-refractivity contribution is -0.158. The average Bonchev–Trinajstić information content (AvgIpc) is 2.93. The van der Waals surface area contributed by atoms with Crippen LogP contribution in [0.15, 0.2) is 11.6 Å². The van der Waals surface area contributed by atoms with Gasteiger partial charge in [0.2, 0.25) is 11.8 Å². The highest BCUT2D eigenvalue weighted by Crippen LogP contribution is 2.29. The zero-order chi connectivity index (χ0) is 15.6. The molecular weight excluding hydrogens is 286 g/mol. The summed E-state index contributed by atoms with van der Waals surface area (Å²) in [6.45, 7) is 8.28. The van der Waals surface area contributed by atoms with E-state index < -0.39 is 11.6 Å². The maximum atomic E-state index is 12.8. The van der Waals surface area contributed by atoms with E-state index in [2.05, 4.69) is 24.1 Å². The molecule has 0 aliphatic carbocycles. The van der Waals surface area contributed by atoms with E-state index >= 15 is 0 Å². The van der Waals surface area contributed by atoms with Crippen LogP contribution >= 0.6 is 11.3 Å². The Hall–Kier alpha value is -1.43. The summed E-state index contributed by atoms with van der Waals surface area (Å²) in [6.07, 6.45) is 2.98. The van der Waals surface area contributed by atoms with Crippen molar-refractivity contribution < 1.29 is 9.59 Å². The number of carbonyl (C=O) groups excluding carboxylic acids is 2. The molecular formula is C15H23N3O2S. The third-order valence-electron chi connectivity index (χ3n) is 4.13. The molecule has 1 fully saturated rings. The molecule has 2 atom stereocenters. The van der Waals surface area contributed by atoms with Gasteiger partial charge in [0.1, 0.15) is 16.6 Å². The van der Waals surface area contributed by atoms with E-state index in [1.54, 1.807) is 11.1 Å². The van der Waals surface area contributed by atoms with Crippen LogP contribution < -0.4 is 5.32 Å². The van der Waals surface area contributed by atoms with Crippen LogP contribution in [0, 0.1) is 5.92 Å². The second-order valence-electron chi connectivity index (χ2n) is 6.13. The number of hydrogen-bond donors (Lipinski definition) is 1. The van der Waals surface area contributed by atoms with Gasteiger partial charge in [-0.15, -0.1) is 11.3 Å². The third kappa shape index (κ3) is 3.10. The standard InChI is InChI=1S/C15H23N3O2S/c1-5-15(4)14(20)17-11(8-10(2)3)13(19)18(15)9-12-16-6-7-21-12/h6-7,10-11H,5,8-9H2,1-4H3,(H,17,20). The van der Waals surface area contributed by atoms with Crippen LogP contribution in [0.2, 0.25) is 0 Å². The van der Waals surface area contributed by atoms with Crippen molar-refractivity contribution in [1.29, 1.82) is 0 Å². The van der Waals surface area contributed by atoms with E-state index in [1.807, 2.05) is 19.2 Å². The molecule has 1 aromatic heterocycles. The van der Waals surface area contributed by atoms with Crippen LogP contribution in [0.4, 0.5) is 0 Å². The number of carbonyl (C=O) groups is 2. The second kappa shape index (κ2) is 6.13. The minimum atomic E-state index is -0.795. The highest BCUT2D eigenvalue weighted by atomic mass is 32.1. The van der Waals surface area contributed by atoms with Crippen molar-refractivity contribution in [1.82, 2.24) is 15.2 Å². The normalized spacial score (nSPS) is 26.3. The van der Waals surface area contributed by atoms with E-state index in [0.717, 1.165) is 5.01 Å². The van der Waals surface area contributed by atoms with Gasteiger partial charge < -0.3 is 10.2 Å². The van der Waals surface area contributed by atoms with Crippen molar-refractivity contribution in [2.75, 3.05) is 0 Å². The van der Waals surface area contributed by atoms with Gasteiger partial charge in [-0.25, -0.2) is 4.98 Å². The molecule has 2 unspecified atom stereocenters. The molecule has 116 valence electrons.